The summed E-state index contributed by atoms with van der Waals surface area (Å²) in [5.41, 5.74) is 8.83. The van der Waals surface area contributed by atoms with E-state index in [1.807, 2.05) is 16.9 Å². The number of nitrogens with two attached hydrogens (primary N) is 1. The van der Waals surface area contributed by atoms with Crippen molar-refractivity contribution in [2.75, 3.05) is 0 Å². The van der Waals surface area contributed by atoms with Gasteiger partial charge in [-0.2, -0.15) is 5.10 Å². The largest absolute Gasteiger partial charge is 0.323 e. The minimum Gasteiger partial charge on any atom is -0.323 e. The van der Waals surface area contributed by atoms with E-state index in [9.17, 15) is 0 Å². The number of hydrogen-bond donors (Lipinski definition) is 1. The summed E-state index contributed by atoms with van der Waals surface area (Å²) in [6.07, 6.45) is 4.96. The molecule has 0 amide bonds. The van der Waals surface area contributed by atoms with E-state index in [2.05, 4.69) is 59.1 Å². The Kier molecular flexibility index (Phi) is 5.38. The average Bonchev–Trinajstić information content (AvgIpc) is 2.82. The van der Waals surface area contributed by atoms with Crippen LogP contribution >= 0.6 is 15.9 Å². The third kappa shape index (κ3) is 3.70. The van der Waals surface area contributed by atoms with Gasteiger partial charge in [-0.25, -0.2) is 0 Å². The highest BCUT2D eigenvalue weighted by Gasteiger charge is 2.17. The van der Waals surface area contributed by atoms with Gasteiger partial charge in [0.05, 0.1) is 16.4 Å². The maximum atomic E-state index is 6.35. The van der Waals surface area contributed by atoms with Crippen molar-refractivity contribution in [2.24, 2.45) is 5.73 Å². The summed E-state index contributed by atoms with van der Waals surface area (Å²) in [4.78, 5) is 0. The molecule has 0 aliphatic rings. The van der Waals surface area contributed by atoms with Gasteiger partial charge in [-0.05, 0) is 54.6 Å². The molecule has 4 heteroatoms. The third-order valence-corrected chi connectivity index (χ3v) is 4.06. The normalized spacial score (nSPS) is 12.8. The van der Waals surface area contributed by atoms with Gasteiger partial charge < -0.3 is 5.73 Å². The molecule has 20 heavy (non-hydrogen) atoms. The van der Waals surface area contributed by atoms with Gasteiger partial charge in [-0.1, -0.05) is 30.3 Å². The van der Waals surface area contributed by atoms with E-state index in [0.29, 0.717) is 6.04 Å². The van der Waals surface area contributed by atoms with Crippen LogP contribution in [0.4, 0.5) is 0 Å². The fourth-order valence-electron chi connectivity index (χ4n) is 2.42. The zero-order valence-corrected chi connectivity index (χ0v) is 13.7. The molecule has 2 rings (SSSR count). The van der Waals surface area contributed by atoms with E-state index < -0.39 is 0 Å². The van der Waals surface area contributed by atoms with Crippen molar-refractivity contribution in [3.8, 4) is 0 Å². The number of hydrogen-bond acceptors (Lipinski definition) is 2. The first kappa shape index (κ1) is 15.3. The molecule has 0 saturated carbocycles. The molecule has 1 aromatic carbocycles. The Morgan fingerprint density at radius 3 is 2.60 bits per heavy atom. The second-order valence-electron chi connectivity index (χ2n) is 5.40. The van der Waals surface area contributed by atoms with Crippen molar-refractivity contribution >= 4 is 15.9 Å². The first-order valence-electron chi connectivity index (χ1n) is 7.12. The van der Waals surface area contributed by atoms with Crippen LogP contribution < -0.4 is 5.73 Å². The molecule has 0 aliphatic heterocycles. The Morgan fingerprint density at radius 2 is 1.95 bits per heavy atom. The minimum absolute atomic E-state index is 0.0259. The van der Waals surface area contributed by atoms with E-state index in [-0.39, 0.29) is 6.04 Å². The maximum absolute atomic E-state index is 6.35. The van der Waals surface area contributed by atoms with Crippen molar-refractivity contribution in [3.63, 3.8) is 0 Å². The monoisotopic (exact) mass is 335 g/mol. The SMILES string of the molecule is CC(C)n1ncc(Br)c1C(N)CCCc1ccccc1. The molecule has 1 aromatic heterocycles. The van der Waals surface area contributed by atoms with E-state index in [1.54, 1.807) is 0 Å². The van der Waals surface area contributed by atoms with E-state index >= 15 is 0 Å². The lowest BCUT2D eigenvalue weighted by Crippen LogP contribution is -2.18. The van der Waals surface area contributed by atoms with Crippen molar-refractivity contribution in [1.82, 2.24) is 9.78 Å². The number of benzene rings is 1. The summed E-state index contributed by atoms with van der Waals surface area (Å²) in [7, 11) is 0. The molecule has 0 bridgehead atoms. The molecule has 0 radical (unpaired) electrons. The summed E-state index contributed by atoms with van der Waals surface area (Å²) in [5.74, 6) is 0. The highest BCUT2D eigenvalue weighted by atomic mass is 79.9. The lowest BCUT2D eigenvalue weighted by atomic mass is 10.0. The zero-order chi connectivity index (χ0) is 14.5. The van der Waals surface area contributed by atoms with Crippen LogP contribution in [0.3, 0.4) is 0 Å². The standard InChI is InChI=1S/C16H22BrN3/c1-12(2)20-16(14(17)11-19-20)15(18)10-6-9-13-7-4-3-5-8-13/h3-5,7-8,11-12,15H,6,9-10,18H2,1-2H3. The first-order valence-corrected chi connectivity index (χ1v) is 7.91. The van der Waals surface area contributed by atoms with Crippen LogP contribution in [-0.4, -0.2) is 9.78 Å². The van der Waals surface area contributed by atoms with Crippen molar-refractivity contribution < 1.29 is 0 Å². The topological polar surface area (TPSA) is 43.8 Å². The molecule has 0 spiro atoms. The Labute approximate surface area is 129 Å². The summed E-state index contributed by atoms with van der Waals surface area (Å²) in [5, 5.41) is 4.39. The summed E-state index contributed by atoms with van der Waals surface area (Å²) in [6, 6.07) is 10.9. The third-order valence-electron chi connectivity index (χ3n) is 3.45. The molecule has 0 saturated heterocycles. The van der Waals surface area contributed by atoms with Gasteiger partial charge in [0.15, 0.2) is 0 Å². The van der Waals surface area contributed by atoms with Gasteiger partial charge in [0, 0.05) is 12.1 Å². The van der Waals surface area contributed by atoms with Crippen molar-refractivity contribution in [3.05, 3.63) is 52.3 Å². The Hall–Kier alpha value is -1.13. The molecule has 108 valence electrons. The Balaban J connectivity index is 1.95. The predicted octanol–water partition coefficient (Wildman–Crippen LogP) is 4.25. The fraction of sp³-hybridized carbons (Fsp3) is 0.438. The highest BCUT2D eigenvalue weighted by Crippen LogP contribution is 2.27. The number of halogens is 1. The van der Waals surface area contributed by atoms with Gasteiger partial charge >= 0.3 is 0 Å². The molecule has 1 heterocycles. The van der Waals surface area contributed by atoms with Crippen molar-refractivity contribution in [2.45, 2.75) is 45.2 Å². The van der Waals surface area contributed by atoms with Gasteiger partial charge in [0.2, 0.25) is 0 Å². The summed E-state index contributed by atoms with van der Waals surface area (Å²) >= 11 is 3.56. The molecular weight excluding hydrogens is 314 g/mol. The number of nitrogens with zero attached hydrogens (tertiary/aromatic N) is 2. The van der Waals surface area contributed by atoms with Gasteiger partial charge in [0.1, 0.15) is 0 Å². The Bertz CT molecular complexity index is 534. The van der Waals surface area contributed by atoms with Gasteiger partial charge in [-0.15, -0.1) is 0 Å². The second-order valence-corrected chi connectivity index (χ2v) is 6.25. The molecule has 2 N–H and O–H groups in total. The number of aryl methyl sites for hydroxylation is 1. The predicted molar refractivity (Wildman–Crippen MR) is 86.6 cm³/mol. The molecule has 0 fully saturated rings. The highest BCUT2D eigenvalue weighted by molar-refractivity contribution is 9.10. The van der Waals surface area contributed by atoms with Crippen molar-refractivity contribution in [1.29, 1.82) is 0 Å². The minimum atomic E-state index is 0.0259. The molecular formula is C16H22BrN3. The number of rotatable bonds is 6. The lowest BCUT2D eigenvalue weighted by molar-refractivity contribution is 0.471. The lowest BCUT2D eigenvalue weighted by Gasteiger charge is -2.17. The molecule has 0 aliphatic carbocycles. The maximum Gasteiger partial charge on any atom is 0.0696 e. The molecule has 1 unspecified atom stereocenters. The first-order chi connectivity index (χ1) is 9.59. The molecule has 1 atom stereocenters. The number of aromatic nitrogens is 2. The van der Waals surface area contributed by atoms with Crippen LogP contribution in [0.1, 0.15) is 50.0 Å². The van der Waals surface area contributed by atoms with Crippen LogP contribution in [0.15, 0.2) is 41.0 Å². The van der Waals surface area contributed by atoms with E-state index in [0.717, 1.165) is 29.4 Å². The Morgan fingerprint density at radius 1 is 1.25 bits per heavy atom. The van der Waals surface area contributed by atoms with Gasteiger partial charge in [0.25, 0.3) is 0 Å². The smallest absolute Gasteiger partial charge is 0.0696 e. The quantitative estimate of drug-likeness (QED) is 0.857. The molecule has 3 nitrogen and oxygen atoms in total. The zero-order valence-electron chi connectivity index (χ0n) is 12.1. The molecule has 2 aromatic rings. The van der Waals surface area contributed by atoms with E-state index in [1.165, 1.54) is 5.56 Å². The van der Waals surface area contributed by atoms with Crippen LogP contribution in [0.2, 0.25) is 0 Å². The van der Waals surface area contributed by atoms with E-state index in [4.69, 9.17) is 5.73 Å². The van der Waals surface area contributed by atoms with Crippen LogP contribution in [0.25, 0.3) is 0 Å². The van der Waals surface area contributed by atoms with Crippen LogP contribution in [0, 0.1) is 0 Å². The average molecular weight is 336 g/mol. The summed E-state index contributed by atoms with van der Waals surface area (Å²) < 4.78 is 3.02. The fourth-order valence-corrected chi connectivity index (χ4v) is 2.98. The second kappa shape index (κ2) is 7.04. The van der Waals surface area contributed by atoms with Gasteiger partial charge in [-0.3, -0.25) is 4.68 Å². The van der Waals surface area contributed by atoms with Crippen LogP contribution in [-0.2, 0) is 6.42 Å². The van der Waals surface area contributed by atoms with Crippen LogP contribution in [0.5, 0.6) is 0 Å². The summed E-state index contributed by atoms with van der Waals surface area (Å²) in [6.45, 7) is 4.25.